The minimum Gasteiger partial charge on any atom is -0.372 e. The van der Waals surface area contributed by atoms with Crippen LogP contribution in [0.4, 0.5) is 0 Å². The highest BCUT2D eigenvalue weighted by molar-refractivity contribution is 4.96. The standard InChI is InChI=1S/C7H13NO/c1-6-2-3-7(4-8)9-5-6/h2-3,6-7H,4-5,8H2,1H3/t6-,7+/m1/s1. The third kappa shape index (κ3) is 1.80. The summed E-state index contributed by atoms with van der Waals surface area (Å²) in [4.78, 5) is 0. The molecule has 0 aromatic rings. The van der Waals surface area contributed by atoms with E-state index in [1.165, 1.54) is 0 Å². The van der Waals surface area contributed by atoms with Crippen molar-refractivity contribution in [3.63, 3.8) is 0 Å². The molecular formula is C7H13NO. The minimum atomic E-state index is 0.168. The van der Waals surface area contributed by atoms with Gasteiger partial charge in [-0.3, -0.25) is 0 Å². The topological polar surface area (TPSA) is 35.2 Å². The summed E-state index contributed by atoms with van der Waals surface area (Å²) in [6.45, 7) is 3.55. The van der Waals surface area contributed by atoms with Crippen LogP contribution in [0.5, 0.6) is 0 Å². The van der Waals surface area contributed by atoms with Crippen molar-refractivity contribution in [1.82, 2.24) is 0 Å². The van der Waals surface area contributed by atoms with Gasteiger partial charge in [0.05, 0.1) is 12.7 Å². The summed E-state index contributed by atoms with van der Waals surface area (Å²) in [5.74, 6) is 0.563. The monoisotopic (exact) mass is 127 g/mol. The van der Waals surface area contributed by atoms with Crippen molar-refractivity contribution in [3.05, 3.63) is 12.2 Å². The molecule has 2 N–H and O–H groups in total. The van der Waals surface area contributed by atoms with Crippen molar-refractivity contribution >= 4 is 0 Å². The van der Waals surface area contributed by atoms with E-state index in [4.69, 9.17) is 10.5 Å². The van der Waals surface area contributed by atoms with E-state index in [0.29, 0.717) is 12.5 Å². The SMILES string of the molecule is C[C@@H]1C=C[C@@H](CN)OC1. The van der Waals surface area contributed by atoms with Crippen LogP contribution >= 0.6 is 0 Å². The lowest BCUT2D eigenvalue weighted by molar-refractivity contribution is 0.0648. The number of ether oxygens (including phenoxy) is 1. The van der Waals surface area contributed by atoms with E-state index in [9.17, 15) is 0 Å². The van der Waals surface area contributed by atoms with Gasteiger partial charge >= 0.3 is 0 Å². The first kappa shape index (κ1) is 6.78. The maximum Gasteiger partial charge on any atom is 0.0878 e. The lowest BCUT2D eigenvalue weighted by atomic mass is 10.1. The molecule has 0 spiro atoms. The number of hydrogen-bond donors (Lipinski definition) is 1. The average molecular weight is 127 g/mol. The summed E-state index contributed by atoms with van der Waals surface area (Å²) in [6, 6.07) is 0. The van der Waals surface area contributed by atoms with Crippen LogP contribution in [0.3, 0.4) is 0 Å². The zero-order valence-corrected chi connectivity index (χ0v) is 5.71. The molecule has 0 bridgehead atoms. The van der Waals surface area contributed by atoms with Gasteiger partial charge in [-0.2, -0.15) is 0 Å². The molecule has 1 aliphatic heterocycles. The molecule has 1 aliphatic rings. The third-order valence-corrected chi connectivity index (χ3v) is 1.46. The molecule has 0 saturated carbocycles. The second-order valence-corrected chi connectivity index (χ2v) is 2.47. The molecule has 9 heavy (non-hydrogen) atoms. The van der Waals surface area contributed by atoms with Crippen LogP contribution < -0.4 is 5.73 Å². The predicted molar refractivity (Wildman–Crippen MR) is 37.1 cm³/mol. The molecule has 0 amide bonds. The van der Waals surface area contributed by atoms with Gasteiger partial charge in [0, 0.05) is 6.54 Å². The van der Waals surface area contributed by atoms with Crippen LogP contribution in [0.1, 0.15) is 6.92 Å². The van der Waals surface area contributed by atoms with Crippen molar-refractivity contribution in [1.29, 1.82) is 0 Å². The van der Waals surface area contributed by atoms with Gasteiger partial charge in [-0.15, -0.1) is 0 Å². The molecule has 2 heteroatoms. The average Bonchev–Trinajstić information content (AvgIpc) is 1.90. The molecule has 0 fully saturated rings. The fraction of sp³-hybridized carbons (Fsp3) is 0.714. The fourth-order valence-corrected chi connectivity index (χ4v) is 0.847. The Morgan fingerprint density at radius 1 is 1.67 bits per heavy atom. The molecule has 2 nitrogen and oxygen atoms in total. The van der Waals surface area contributed by atoms with Crippen LogP contribution in [0.25, 0.3) is 0 Å². The van der Waals surface area contributed by atoms with E-state index < -0.39 is 0 Å². The first-order valence-electron chi connectivity index (χ1n) is 3.33. The van der Waals surface area contributed by atoms with E-state index in [1.54, 1.807) is 0 Å². The molecule has 1 rings (SSSR count). The van der Waals surface area contributed by atoms with Crippen molar-refractivity contribution in [2.75, 3.05) is 13.2 Å². The summed E-state index contributed by atoms with van der Waals surface area (Å²) < 4.78 is 5.33. The molecule has 0 saturated heterocycles. The molecule has 52 valence electrons. The van der Waals surface area contributed by atoms with Crippen LogP contribution in [0.2, 0.25) is 0 Å². The lowest BCUT2D eigenvalue weighted by Gasteiger charge is -2.19. The van der Waals surface area contributed by atoms with Gasteiger partial charge in [0.2, 0.25) is 0 Å². The maximum absolute atomic E-state index is 5.37. The zero-order chi connectivity index (χ0) is 6.69. The van der Waals surface area contributed by atoms with Crippen molar-refractivity contribution in [3.8, 4) is 0 Å². The Bertz CT molecular complexity index is 111. The lowest BCUT2D eigenvalue weighted by Crippen LogP contribution is -2.26. The van der Waals surface area contributed by atoms with E-state index in [2.05, 4.69) is 13.0 Å². The van der Waals surface area contributed by atoms with Crippen LogP contribution in [0, 0.1) is 5.92 Å². The molecule has 1 heterocycles. The smallest absolute Gasteiger partial charge is 0.0878 e. The largest absolute Gasteiger partial charge is 0.372 e. The van der Waals surface area contributed by atoms with E-state index in [0.717, 1.165) is 6.61 Å². The summed E-state index contributed by atoms with van der Waals surface area (Å²) in [7, 11) is 0. The Morgan fingerprint density at radius 2 is 2.44 bits per heavy atom. The predicted octanol–water partition coefficient (Wildman–Crippen LogP) is 0.536. The maximum atomic E-state index is 5.37. The normalized spacial score (nSPS) is 34.9. The van der Waals surface area contributed by atoms with Crippen LogP contribution in [0.15, 0.2) is 12.2 Å². The van der Waals surface area contributed by atoms with Crippen molar-refractivity contribution in [2.45, 2.75) is 13.0 Å². The highest BCUT2D eigenvalue weighted by Gasteiger charge is 2.09. The third-order valence-electron chi connectivity index (χ3n) is 1.46. The highest BCUT2D eigenvalue weighted by Crippen LogP contribution is 2.08. The second-order valence-electron chi connectivity index (χ2n) is 2.47. The van der Waals surface area contributed by atoms with E-state index >= 15 is 0 Å². The van der Waals surface area contributed by atoms with Gasteiger partial charge in [0.1, 0.15) is 0 Å². The Kier molecular flexibility index (Phi) is 2.25. The summed E-state index contributed by atoms with van der Waals surface area (Å²) in [5.41, 5.74) is 5.37. The van der Waals surface area contributed by atoms with Crippen molar-refractivity contribution in [2.24, 2.45) is 11.7 Å². The Hall–Kier alpha value is -0.340. The van der Waals surface area contributed by atoms with Crippen molar-refractivity contribution < 1.29 is 4.74 Å². The van der Waals surface area contributed by atoms with Gasteiger partial charge < -0.3 is 10.5 Å². The number of rotatable bonds is 1. The molecule has 0 aliphatic carbocycles. The molecule has 0 radical (unpaired) electrons. The molecular weight excluding hydrogens is 114 g/mol. The van der Waals surface area contributed by atoms with Crippen LogP contribution in [-0.2, 0) is 4.74 Å². The van der Waals surface area contributed by atoms with Gasteiger partial charge in [0.25, 0.3) is 0 Å². The summed E-state index contributed by atoms with van der Waals surface area (Å²) >= 11 is 0. The Morgan fingerprint density at radius 3 is 2.89 bits per heavy atom. The van der Waals surface area contributed by atoms with Crippen LogP contribution in [-0.4, -0.2) is 19.3 Å². The number of nitrogens with two attached hydrogens (primary N) is 1. The summed E-state index contributed by atoms with van der Waals surface area (Å²) in [5, 5.41) is 0. The zero-order valence-electron chi connectivity index (χ0n) is 5.71. The summed E-state index contributed by atoms with van der Waals surface area (Å²) in [6.07, 6.45) is 4.36. The van der Waals surface area contributed by atoms with E-state index in [1.807, 2.05) is 6.08 Å². The molecule has 2 atom stereocenters. The Balaban J connectivity index is 2.38. The molecule has 0 unspecified atom stereocenters. The second kappa shape index (κ2) is 2.99. The van der Waals surface area contributed by atoms with Gasteiger partial charge in [-0.25, -0.2) is 0 Å². The molecule has 0 aromatic heterocycles. The highest BCUT2D eigenvalue weighted by atomic mass is 16.5. The quantitative estimate of drug-likeness (QED) is 0.522. The first-order valence-corrected chi connectivity index (χ1v) is 3.33. The minimum absolute atomic E-state index is 0.168. The fourth-order valence-electron chi connectivity index (χ4n) is 0.847. The van der Waals surface area contributed by atoms with Gasteiger partial charge in [-0.05, 0) is 5.92 Å². The van der Waals surface area contributed by atoms with Gasteiger partial charge in [0.15, 0.2) is 0 Å². The first-order chi connectivity index (χ1) is 4.33. The number of hydrogen-bond acceptors (Lipinski definition) is 2. The molecule has 0 aromatic carbocycles. The Labute approximate surface area is 55.7 Å². The van der Waals surface area contributed by atoms with Gasteiger partial charge in [-0.1, -0.05) is 19.1 Å². The van der Waals surface area contributed by atoms with E-state index in [-0.39, 0.29) is 6.10 Å².